The molecule has 4 bridgehead atoms. The largest absolute Gasteiger partial charge is 0.426 e. The van der Waals surface area contributed by atoms with Gasteiger partial charge >= 0.3 is 12.4 Å². The van der Waals surface area contributed by atoms with Crippen LogP contribution in [0.1, 0.15) is 47.5 Å². The Morgan fingerprint density at radius 1 is 0.932 bits per heavy atom. The Kier molecular flexibility index (Phi) is 8.64. The average Bonchev–Trinajstić information content (AvgIpc) is 3.46. The van der Waals surface area contributed by atoms with Gasteiger partial charge in [-0.3, -0.25) is 4.79 Å². The van der Waals surface area contributed by atoms with Crippen LogP contribution in [0.5, 0.6) is 0 Å². The third kappa shape index (κ3) is 6.54. The van der Waals surface area contributed by atoms with Crippen LogP contribution < -0.4 is 5.73 Å². The van der Waals surface area contributed by atoms with Gasteiger partial charge in [0, 0.05) is 13.1 Å². The molecule has 0 fully saturated rings. The van der Waals surface area contributed by atoms with Gasteiger partial charge in [0.25, 0.3) is 11.8 Å². The van der Waals surface area contributed by atoms with Crippen LogP contribution in [0.2, 0.25) is 0 Å². The average molecular weight is 620 g/mol. The zero-order valence-corrected chi connectivity index (χ0v) is 23.2. The summed E-state index contributed by atoms with van der Waals surface area (Å²) in [5, 5.41) is 7.31. The second kappa shape index (κ2) is 12.3. The Labute approximate surface area is 247 Å². The zero-order chi connectivity index (χ0) is 31.5. The molecule has 1 amide bonds. The Bertz CT molecular complexity index is 1590. The van der Waals surface area contributed by atoms with Crippen molar-refractivity contribution in [1.29, 1.82) is 0 Å². The molecule has 8 nitrogen and oxygen atoms in total. The van der Waals surface area contributed by atoms with Crippen LogP contribution in [0.25, 0.3) is 11.6 Å². The van der Waals surface area contributed by atoms with Gasteiger partial charge in [-0.15, -0.1) is 10.2 Å². The van der Waals surface area contributed by atoms with Crippen molar-refractivity contribution < 1.29 is 40.3 Å². The minimum atomic E-state index is -5.05. The van der Waals surface area contributed by atoms with E-state index in [1.165, 1.54) is 4.90 Å². The first-order valence-corrected chi connectivity index (χ1v) is 13.6. The lowest BCUT2D eigenvalue weighted by Crippen LogP contribution is -2.45. The number of alkyl halides is 6. The van der Waals surface area contributed by atoms with Crippen molar-refractivity contribution in [3.63, 3.8) is 0 Å². The van der Waals surface area contributed by atoms with Crippen LogP contribution in [-0.4, -0.2) is 38.7 Å². The van der Waals surface area contributed by atoms with Gasteiger partial charge in [0.2, 0.25) is 11.5 Å². The van der Waals surface area contributed by atoms with Crippen LogP contribution >= 0.6 is 0 Å². The van der Waals surface area contributed by atoms with E-state index in [2.05, 4.69) is 15.2 Å². The summed E-state index contributed by atoms with van der Waals surface area (Å²) < 4.78 is 98.0. The maximum atomic E-state index is 15.0. The van der Waals surface area contributed by atoms with E-state index in [-0.39, 0.29) is 25.9 Å². The normalized spacial score (nSPS) is 18.2. The van der Waals surface area contributed by atoms with Gasteiger partial charge in [-0.1, -0.05) is 60.7 Å². The molecule has 1 aliphatic rings. The van der Waals surface area contributed by atoms with Gasteiger partial charge in [-0.05, 0) is 36.5 Å². The molecule has 4 aromatic rings. The number of anilines is 1. The molecule has 0 saturated carbocycles. The Morgan fingerprint density at radius 2 is 1.59 bits per heavy atom. The number of pyridine rings is 1. The number of halogens is 6. The molecule has 5 rings (SSSR count). The number of ether oxygens (including phenoxy) is 1. The number of benzene rings is 2. The van der Waals surface area contributed by atoms with Crippen LogP contribution in [0.3, 0.4) is 0 Å². The lowest BCUT2D eigenvalue weighted by molar-refractivity contribution is -0.300. The molecule has 1 unspecified atom stereocenters. The highest BCUT2D eigenvalue weighted by atomic mass is 19.4. The highest BCUT2D eigenvalue weighted by Crippen LogP contribution is 2.47. The van der Waals surface area contributed by atoms with Crippen molar-refractivity contribution in [2.24, 2.45) is 0 Å². The van der Waals surface area contributed by atoms with E-state index < -0.39 is 77.7 Å². The van der Waals surface area contributed by atoms with E-state index in [9.17, 15) is 31.1 Å². The van der Waals surface area contributed by atoms with Crippen molar-refractivity contribution in [3.8, 4) is 11.6 Å². The fraction of sp³-hybridized carbons (Fsp3) is 0.333. The maximum absolute atomic E-state index is 15.0. The summed E-state index contributed by atoms with van der Waals surface area (Å²) >= 11 is 0. The van der Waals surface area contributed by atoms with Gasteiger partial charge in [0.15, 0.2) is 5.69 Å². The van der Waals surface area contributed by atoms with E-state index in [0.29, 0.717) is 17.2 Å². The predicted molar refractivity (Wildman–Crippen MR) is 145 cm³/mol. The summed E-state index contributed by atoms with van der Waals surface area (Å²) in [6, 6.07) is 17.4. The predicted octanol–water partition coefficient (Wildman–Crippen LogP) is 6.46. The van der Waals surface area contributed by atoms with Gasteiger partial charge < -0.3 is 19.8 Å². The SMILES string of the molecule is Nc1cc(C(F)(F)F)c2nc1-c1nnc(o1)C(OCc1ccccc1)(C(F)(F)F)CCCCN(Cc1ccccc1)C(=O)C2. The van der Waals surface area contributed by atoms with Crippen molar-refractivity contribution in [1.82, 2.24) is 20.1 Å². The molecule has 232 valence electrons. The quantitative estimate of drug-likeness (QED) is 0.256. The van der Waals surface area contributed by atoms with Crippen molar-refractivity contribution in [2.75, 3.05) is 12.3 Å². The minimum absolute atomic E-state index is 0.0281. The minimum Gasteiger partial charge on any atom is -0.416 e. The van der Waals surface area contributed by atoms with Gasteiger partial charge in [0.05, 0.1) is 30.0 Å². The number of nitrogens with two attached hydrogens (primary N) is 1. The van der Waals surface area contributed by atoms with Crippen molar-refractivity contribution in [3.05, 3.63) is 95.0 Å². The number of carbonyl (C=O) groups is 1. The lowest BCUT2D eigenvalue weighted by Gasteiger charge is -2.33. The van der Waals surface area contributed by atoms with Crippen LogP contribution in [0.15, 0.2) is 71.1 Å². The third-order valence-electron chi connectivity index (χ3n) is 7.29. The number of amides is 1. The molecule has 2 N–H and O–H groups in total. The van der Waals surface area contributed by atoms with Crippen LogP contribution in [0, 0.1) is 0 Å². The van der Waals surface area contributed by atoms with Crippen molar-refractivity contribution >= 4 is 11.6 Å². The molecule has 0 spiro atoms. The lowest BCUT2D eigenvalue weighted by atomic mass is 9.94. The summed E-state index contributed by atoms with van der Waals surface area (Å²) in [6.45, 7) is -0.472. The summed E-state index contributed by atoms with van der Waals surface area (Å²) in [5.74, 6) is -2.28. The molecule has 2 aromatic carbocycles. The smallest absolute Gasteiger partial charge is 0.416 e. The first-order valence-electron chi connectivity index (χ1n) is 13.6. The van der Waals surface area contributed by atoms with Gasteiger partial charge in [-0.25, -0.2) is 4.98 Å². The highest BCUT2D eigenvalue weighted by Gasteiger charge is 2.61. The summed E-state index contributed by atoms with van der Waals surface area (Å²) in [7, 11) is 0. The molecule has 0 aliphatic carbocycles. The Morgan fingerprint density at radius 3 is 2.23 bits per heavy atom. The second-order valence-electron chi connectivity index (χ2n) is 10.4. The molecule has 1 atom stereocenters. The summed E-state index contributed by atoms with van der Waals surface area (Å²) in [5.41, 5.74) is 0.967. The molecule has 3 heterocycles. The first-order chi connectivity index (χ1) is 20.9. The van der Waals surface area contributed by atoms with Crippen molar-refractivity contribution in [2.45, 2.75) is 56.8 Å². The van der Waals surface area contributed by atoms with E-state index >= 15 is 0 Å². The molecule has 44 heavy (non-hydrogen) atoms. The Balaban J connectivity index is 1.62. The van der Waals surface area contributed by atoms with Crippen LogP contribution in [0.4, 0.5) is 32.0 Å². The number of aromatic nitrogens is 3. The second-order valence-corrected chi connectivity index (χ2v) is 10.4. The number of nitrogen functional groups attached to an aromatic ring is 1. The number of nitrogens with zero attached hydrogens (tertiary/aromatic N) is 4. The van der Waals surface area contributed by atoms with E-state index in [1.807, 2.05) is 0 Å². The van der Waals surface area contributed by atoms with E-state index in [0.717, 1.165) is 0 Å². The Hall–Kier alpha value is -4.46. The molecular formula is C30H27F6N5O3. The fourth-order valence-electron chi connectivity index (χ4n) is 4.99. The van der Waals surface area contributed by atoms with Gasteiger partial charge in [0.1, 0.15) is 0 Å². The molecule has 0 saturated heterocycles. The molecule has 2 aromatic heterocycles. The molecule has 1 aliphatic heterocycles. The van der Waals surface area contributed by atoms with Crippen LogP contribution in [-0.2, 0) is 40.9 Å². The topological polar surface area (TPSA) is 107 Å². The molecule has 14 heteroatoms. The van der Waals surface area contributed by atoms with E-state index in [4.69, 9.17) is 14.9 Å². The molecular weight excluding hydrogens is 592 g/mol. The fourth-order valence-corrected chi connectivity index (χ4v) is 4.99. The number of fused-ring (bicyclic) bond motifs is 5. The standard InChI is InChI=1S/C30H27F6N5O3/c31-29(32,33)21-15-22(37)25-26-39-40-27(44-26)28(30(34,35)36,43-18-20-11-5-2-6-12-20)13-7-8-14-41(24(42)16-23(21)38-25)17-19-9-3-1-4-10-19/h1-6,9-12,15H,7-8,13-14,16-18,37H2. The number of hydrogen-bond acceptors (Lipinski definition) is 7. The number of hydrogen-bond donors (Lipinski definition) is 1. The zero-order valence-electron chi connectivity index (χ0n) is 23.2. The third-order valence-corrected chi connectivity index (χ3v) is 7.29. The highest BCUT2D eigenvalue weighted by molar-refractivity contribution is 5.79. The molecule has 0 radical (unpaired) electrons. The number of rotatable bonds is 5. The van der Waals surface area contributed by atoms with E-state index in [1.54, 1.807) is 60.7 Å². The first kappa shape index (κ1) is 31.0. The van der Waals surface area contributed by atoms with Gasteiger partial charge in [-0.2, -0.15) is 26.3 Å². The maximum Gasteiger partial charge on any atom is 0.426 e. The monoisotopic (exact) mass is 619 g/mol. The summed E-state index contributed by atoms with van der Waals surface area (Å²) in [4.78, 5) is 18.7. The number of carbonyl (C=O) groups excluding carboxylic acids is 1. The summed E-state index contributed by atoms with van der Waals surface area (Å²) in [6.07, 6.45) is -11.4.